The molecule has 0 bridgehead atoms. The SMILES string of the molecule is CC/C=C\C/C=C\C/C=C\C/C=C\C/C=C\C/C=C\CCCCC(=O)OC(COC(=O)CCCCCCCCCCCCCC)COC(=O)CCCCCCCCCCCCCCCCCCCCC/C=C\C/C=C\CCCCCCC. The zero-order valence-electron chi connectivity index (χ0n) is 54.2. The molecule has 0 heterocycles. The lowest BCUT2D eigenvalue weighted by molar-refractivity contribution is -0.167. The molecule has 0 aromatic carbocycles. The first-order valence-electron chi connectivity index (χ1n) is 35.2. The minimum Gasteiger partial charge on any atom is -0.462 e. The Kier molecular flexibility index (Phi) is 66.7. The summed E-state index contributed by atoms with van der Waals surface area (Å²) in [7, 11) is 0. The summed E-state index contributed by atoms with van der Waals surface area (Å²) in [6, 6.07) is 0. The zero-order valence-corrected chi connectivity index (χ0v) is 54.2. The summed E-state index contributed by atoms with van der Waals surface area (Å²) in [6.45, 7) is 6.51. The molecule has 0 N–H and O–H groups in total. The molecule has 0 aliphatic heterocycles. The second-order valence-corrected chi connectivity index (χ2v) is 23.4. The van der Waals surface area contributed by atoms with Crippen molar-refractivity contribution < 1.29 is 28.6 Å². The van der Waals surface area contributed by atoms with E-state index in [4.69, 9.17) is 14.2 Å². The normalized spacial score (nSPS) is 12.7. The summed E-state index contributed by atoms with van der Waals surface area (Å²) in [4.78, 5) is 38.4. The molecular formula is C76H132O6. The van der Waals surface area contributed by atoms with Crippen molar-refractivity contribution >= 4 is 17.9 Å². The molecule has 472 valence electrons. The number of ether oxygens (including phenoxy) is 3. The molecule has 82 heavy (non-hydrogen) atoms. The molecule has 0 aromatic rings. The fourth-order valence-corrected chi connectivity index (χ4v) is 10.1. The highest BCUT2D eigenvalue weighted by atomic mass is 16.6. The molecule has 1 atom stereocenters. The van der Waals surface area contributed by atoms with Gasteiger partial charge in [-0.05, 0) is 103 Å². The van der Waals surface area contributed by atoms with E-state index >= 15 is 0 Å². The van der Waals surface area contributed by atoms with Gasteiger partial charge < -0.3 is 14.2 Å². The fraction of sp³-hybridized carbons (Fsp3) is 0.750. The highest BCUT2D eigenvalue weighted by Crippen LogP contribution is 2.17. The fourth-order valence-electron chi connectivity index (χ4n) is 10.1. The minimum absolute atomic E-state index is 0.0914. The zero-order chi connectivity index (χ0) is 59.2. The average Bonchev–Trinajstić information content (AvgIpc) is 3.47. The summed E-state index contributed by atoms with van der Waals surface area (Å²) in [5.74, 6) is -0.920. The first-order chi connectivity index (χ1) is 40.5. The van der Waals surface area contributed by atoms with Gasteiger partial charge in [0.2, 0.25) is 0 Å². The maximum atomic E-state index is 12.9. The second-order valence-electron chi connectivity index (χ2n) is 23.4. The Bertz CT molecular complexity index is 1590. The summed E-state index contributed by atoms with van der Waals surface area (Å²) in [5, 5.41) is 0. The van der Waals surface area contributed by atoms with Crippen LogP contribution < -0.4 is 0 Å². The lowest BCUT2D eigenvalue weighted by Gasteiger charge is -2.18. The Morgan fingerprint density at radius 2 is 0.476 bits per heavy atom. The van der Waals surface area contributed by atoms with E-state index in [1.165, 1.54) is 205 Å². The molecule has 0 amide bonds. The second kappa shape index (κ2) is 69.8. The first-order valence-corrected chi connectivity index (χ1v) is 35.2. The van der Waals surface area contributed by atoms with Gasteiger partial charge in [-0.1, -0.05) is 323 Å². The van der Waals surface area contributed by atoms with E-state index in [0.29, 0.717) is 19.3 Å². The molecule has 0 rings (SSSR count). The molecule has 0 saturated heterocycles. The molecule has 0 aromatic heterocycles. The quantitative estimate of drug-likeness (QED) is 0.0261. The van der Waals surface area contributed by atoms with Crippen LogP contribution in [0.15, 0.2) is 97.2 Å². The molecule has 0 fully saturated rings. The number of hydrogen-bond acceptors (Lipinski definition) is 6. The van der Waals surface area contributed by atoms with Crippen LogP contribution in [0.2, 0.25) is 0 Å². The number of esters is 3. The lowest BCUT2D eigenvalue weighted by Crippen LogP contribution is -2.30. The van der Waals surface area contributed by atoms with E-state index in [1.54, 1.807) is 0 Å². The van der Waals surface area contributed by atoms with Crippen molar-refractivity contribution in [3.63, 3.8) is 0 Å². The van der Waals surface area contributed by atoms with Gasteiger partial charge in [0, 0.05) is 19.3 Å². The van der Waals surface area contributed by atoms with Gasteiger partial charge in [-0.2, -0.15) is 0 Å². The Labute approximate surface area is 508 Å². The first kappa shape index (κ1) is 78.3. The van der Waals surface area contributed by atoms with Gasteiger partial charge in [0.15, 0.2) is 6.10 Å². The van der Waals surface area contributed by atoms with Crippen LogP contribution in [0.1, 0.15) is 348 Å². The molecule has 0 saturated carbocycles. The molecule has 6 heteroatoms. The van der Waals surface area contributed by atoms with E-state index in [1.807, 2.05) is 0 Å². The molecule has 0 aliphatic rings. The van der Waals surface area contributed by atoms with Crippen molar-refractivity contribution in [3.8, 4) is 0 Å². The van der Waals surface area contributed by atoms with Crippen molar-refractivity contribution in [2.75, 3.05) is 13.2 Å². The standard InChI is InChI=1S/C76H132O6/c1-4-7-10-13-16-19-22-25-27-29-31-33-34-35-36-37-38-39-40-41-42-44-45-47-49-51-54-57-60-63-66-69-75(78)81-72-73(71-80-74(77)68-65-62-59-56-53-24-21-18-15-12-9-6-3)82-76(79)70-67-64-61-58-55-52-50-48-46-43-32-30-28-26-23-20-17-14-11-8-5-2/h8,11,17,20,22,25-26,28-29,31-32,43,48,50,55,58,73H,4-7,9-10,12-16,18-19,21,23-24,27,30,33-42,44-47,49,51-54,56-57,59-72H2,1-3H3/b11-8-,20-17-,25-22-,28-26-,31-29-,43-32-,50-48-,58-55-. The van der Waals surface area contributed by atoms with Gasteiger partial charge in [-0.25, -0.2) is 0 Å². The van der Waals surface area contributed by atoms with E-state index < -0.39 is 6.10 Å². The molecule has 0 aliphatic carbocycles. The number of rotatable bonds is 64. The van der Waals surface area contributed by atoms with E-state index in [0.717, 1.165) is 96.3 Å². The maximum Gasteiger partial charge on any atom is 0.306 e. The van der Waals surface area contributed by atoms with Crippen LogP contribution >= 0.6 is 0 Å². The minimum atomic E-state index is -0.800. The van der Waals surface area contributed by atoms with Gasteiger partial charge >= 0.3 is 17.9 Å². The number of carbonyl (C=O) groups is 3. The Morgan fingerprint density at radius 3 is 0.768 bits per heavy atom. The molecule has 1 unspecified atom stereocenters. The van der Waals surface area contributed by atoms with E-state index in [2.05, 4.69) is 118 Å². The third-order valence-electron chi connectivity index (χ3n) is 15.3. The highest BCUT2D eigenvalue weighted by Gasteiger charge is 2.19. The topological polar surface area (TPSA) is 78.9 Å². The van der Waals surface area contributed by atoms with Gasteiger partial charge in [0.25, 0.3) is 0 Å². The van der Waals surface area contributed by atoms with Crippen LogP contribution in [0.3, 0.4) is 0 Å². The van der Waals surface area contributed by atoms with E-state index in [-0.39, 0.29) is 37.5 Å². The van der Waals surface area contributed by atoms with Crippen LogP contribution in [-0.2, 0) is 28.6 Å². The van der Waals surface area contributed by atoms with Crippen molar-refractivity contribution in [3.05, 3.63) is 97.2 Å². The molecule has 6 nitrogen and oxygen atoms in total. The number of unbranched alkanes of at least 4 members (excludes halogenated alkanes) is 37. The predicted molar refractivity (Wildman–Crippen MR) is 357 cm³/mol. The van der Waals surface area contributed by atoms with Gasteiger partial charge in [-0.3, -0.25) is 14.4 Å². The van der Waals surface area contributed by atoms with Crippen molar-refractivity contribution in [2.24, 2.45) is 0 Å². The number of carbonyl (C=O) groups excluding carboxylic acids is 3. The van der Waals surface area contributed by atoms with Crippen LogP contribution in [0.4, 0.5) is 0 Å². The monoisotopic (exact) mass is 1140 g/mol. The number of hydrogen-bond donors (Lipinski definition) is 0. The molecular weight excluding hydrogens is 1010 g/mol. The van der Waals surface area contributed by atoms with Crippen LogP contribution in [-0.4, -0.2) is 37.2 Å². The van der Waals surface area contributed by atoms with Crippen LogP contribution in [0, 0.1) is 0 Å². The summed E-state index contributed by atoms with van der Waals surface area (Å²) in [6.07, 6.45) is 94.5. The predicted octanol–water partition coefficient (Wildman–Crippen LogP) is 24.4. The number of allylic oxidation sites excluding steroid dienone is 16. The highest BCUT2D eigenvalue weighted by molar-refractivity contribution is 5.71. The average molecular weight is 1140 g/mol. The summed E-state index contributed by atoms with van der Waals surface area (Å²) >= 11 is 0. The smallest absolute Gasteiger partial charge is 0.306 e. The lowest BCUT2D eigenvalue weighted by atomic mass is 10.0. The third-order valence-corrected chi connectivity index (χ3v) is 15.3. The molecule has 0 spiro atoms. The Hall–Kier alpha value is -3.67. The summed E-state index contributed by atoms with van der Waals surface area (Å²) < 4.78 is 16.9. The van der Waals surface area contributed by atoms with Crippen molar-refractivity contribution in [1.82, 2.24) is 0 Å². The Balaban J connectivity index is 4.24. The van der Waals surface area contributed by atoms with Crippen molar-refractivity contribution in [1.29, 1.82) is 0 Å². The third kappa shape index (κ3) is 67.1. The van der Waals surface area contributed by atoms with Crippen molar-refractivity contribution in [2.45, 2.75) is 354 Å². The largest absolute Gasteiger partial charge is 0.462 e. The van der Waals surface area contributed by atoms with Gasteiger partial charge in [-0.15, -0.1) is 0 Å². The van der Waals surface area contributed by atoms with Crippen LogP contribution in [0.5, 0.6) is 0 Å². The molecule has 0 radical (unpaired) electrons. The van der Waals surface area contributed by atoms with Gasteiger partial charge in [0.1, 0.15) is 13.2 Å². The Morgan fingerprint density at radius 1 is 0.256 bits per heavy atom. The maximum absolute atomic E-state index is 12.9. The van der Waals surface area contributed by atoms with E-state index in [9.17, 15) is 14.4 Å². The summed E-state index contributed by atoms with van der Waals surface area (Å²) in [5.41, 5.74) is 0. The van der Waals surface area contributed by atoms with Crippen LogP contribution in [0.25, 0.3) is 0 Å². The van der Waals surface area contributed by atoms with Gasteiger partial charge in [0.05, 0.1) is 0 Å².